The van der Waals surface area contributed by atoms with Gasteiger partial charge in [-0.25, -0.2) is 9.48 Å². The highest BCUT2D eigenvalue weighted by Gasteiger charge is 2.51. The Labute approximate surface area is 112 Å². The van der Waals surface area contributed by atoms with E-state index in [1.54, 1.807) is 4.68 Å². The second-order valence-corrected chi connectivity index (χ2v) is 6.23. The van der Waals surface area contributed by atoms with Gasteiger partial charge in [0.05, 0.1) is 0 Å². The minimum absolute atomic E-state index is 0.0697. The molecule has 2 saturated carbocycles. The summed E-state index contributed by atoms with van der Waals surface area (Å²) in [5.41, 5.74) is -0.959. The Hall–Kier alpha value is -1.46. The summed E-state index contributed by atoms with van der Waals surface area (Å²) in [6.45, 7) is 2.17. The average Bonchev–Trinajstić information content (AvgIpc) is 2.78. The number of hydrogen-bond acceptors (Lipinski definition) is 4. The van der Waals surface area contributed by atoms with Gasteiger partial charge in [-0.15, -0.1) is 5.10 Å². The number of nitrogens with zero attached hydrogens (tertiary/aromatic N) is 4. The Bertz CT molecular complexity index is 487. The SMILES string of the molecule is CC1(c2nnnn2C2(C(=O)O)CCC2)CCCCC1. The van der Waals surface area contributed by atoms with Gasteiger partial charge in [0, 0.05) is 5.41 Å². The monoisotopic (exact) mass is 264 g/mol. The first-order valence-corrected chi connectivity index (χ1v) is 7.11. The largest absolute Gasteiger partial charge is 0.479 e. The van der Waals surface area contributed by atoms with Crippen molar-refractivity contribution in [2.24, 2.45) is 0 Å². The fourth-order valence-corrected chi connectivity index (χ4v) is 3.44. The summed E-state index contributed by atoms with van der Waals surface area (Å²) >= 11 is 0. The number of carboxylic acid groups (broad SMARTS) is 1. The fourth-order valence-electron chi connectivity index (χ4n) is 3.44. The first-order valence-electron chi connectivity index (χ1n) is 7.11. The molecule has 19 heavy (non-hydrogen) atoms. The van der Waals surface area contributed by atoms with Gasteiger partial charge in [-0.2, -0.15) is 0 Å². The second kappa shape index (κ2) is 4.28. The molecule has 1 aromatic rings. The lowest BCUT2D eigenvalue weighted by molar-refractivity contribution is -0.153. The van der Waals surface area contributed by atoms with Gasteiger partial charge >= 0.3 is 5.97 Å². The molecule has 6 heteroatoms. The van der Waals surface area contributed by atoms with Crippen LogP contribution in [0.4, 0.5) is 0 Å². The van der Waals surface area contributed by atoms with Crippen LogP contribution in [0.1, 0.15) is 64.1 Å². The van der Waals surface area contributed by atoms with Crippen molar-refractivity contribution in [2.75, 3.05) is 0 Å². The van der Waals surface area contributed by atoms with E-state index < -0.39 is 11.5 Å². The highest BCUT2D eigenvalue weighted by atomic mass is 16.4. The molecule has 1 N–H and O–H groups in total. The summed E-state index contributed by atoms with van der Waals surface area (Å²) in [6.07, 6.45) is 7.88. The molecule has 104 valence electrons. The number of carboxylic acids is 1. The van der Waals surface area contributed by atoms with Crippen LogP contribution in [0.3, 0.4) is 0 Å². The maximum absolute atomic E-state index is 11.6. The van der Waals surface area contributed by atoms with Gasteiger partial charge in [-0.05, 0) is 42.5 Å². The van der Waals surface area contributed by atoms with Crippen LogP contribution in [-0.2, 0) is 15.7 Å². The van der Waals surface area contributed by atoms with Crippen molar-refractivity contribution in [3.05, 3.63) is 5.82 Å². The first kappa shape index (κ1) is 12.6. The molecule has 0 saturated heterocycles. The van der Waals surface area contributed by atoms with E-state index in [0.29, 0.717) is 12.8 Å². The number of aromatic nitrogens is 4. The Morgan fingerprint density at radius 1 is 1.16 bits per heavy atom. The van der Waals surface area contributed by atoms with Gasteiger partial charge in [0.15, 0.2) is 11.4 Å². The van der Waals surface area contributed by atoms with Crippen molar-refractivity contribution in [1.82, 2.24) is 20.2 Å². The molecule has 6 nitrogen and oxygen atoms in total. The third kappa shape index (κ3) is 1.76. The number of hydrogen-bond donors (Lipinski definition) is 1. The predicted octanol–water partition coefficient (Wildman–Crippen LogP) is 1.86. The zero-order chi connectivity index (χ0) is 13.5. The van der Waals surface area contributed by atoms with Crippen molar-refractivity contribution in [3.63, 3.8) is 0 Å². The molecule has 1 aromatic heterocycles. The van der Waals surface area contributed by atoms with Crippen LogP contribution in [0, 0.1) is 0 Å². The molecule has 0 aliphatic heterocycles. The highest BCUT2D eigenvalue weighted by Crippen LogP contribution is 2.44. The number of aliphatic carboxylic acids is 1. The summed E-state index contributed by atoms with van der Waals surface area (Å²) in [6, 6.07) is 0. The molecule has 0 bridgehead atoms. The molecule has 0 radical (unpaired) electrons. The lowest BCUT2D eigenvalue weighted by Gasteiger charge is -2.41. The summed E-state index contributed by atoms with van der Waals surface area (Å²) < 4.78 is 1.62. The third-order valence-corrected chi connectivity index (χ3v) is 4.95. The Kier molecular flexibility index (Phi) is 2.83. The van der Waals surface area contributed by atoms with E-state index in [1.165, 1.54) is 19.3 Å². The minimum Gasteiger partial charge on any atom is -0.479 e. The zero-order valence-corrected chi connectivity index (χ0v) is 11.3. The summed E-state index contributed by atoms with van der Waals surface area (Å²) in [4.78, 5) is 11.6. The molecule has 2 aliphatic carbocycles. The van der Waals surface area contributed by atoms with Gasteiger partial charge in [-0.3, -0.25) is 0 Å². The number of carbonyl (C=O) groups is 1. The van der Waals surface area contributed by atoms with E-state index in [9.17, 15) is 9.90 Å². The molecule has 0 unspecified atom stereocenters. The standard InChI is InChI=1S/C13H20N4O2/c1-12(6-3-2-4-7-12)10-14-15-16-17(10)13(11(18)19)8-5-9-13/h2-9H2,1H3,(H,18,19). The molecule has 2 aliphatic rings. The molecule has 3 rings (SSSR count). The van der Waals surface area contributed by atoms with Crippen molar-refractivity contribution >= 4 is 5.97 Å². The number of rotatable bonds is 3. The van der Waals surface area contributed by atoms with Crippen LogP contribution in [-0.4, -0.2) is 31.3 Å². The van der Waals surface area contributed by atoms with Gasteiger partial charge in [0.25, 0.3) is 0 Å². The van der Waals surface area contributed by atoms with Crippen molar-refractivity contribution in [1.29, 1.82) is 0 Å². The summed E-state index contributed by atoms with van der Waals surface area (Å²) in [7, 11) is 0. The van der Waals surface area contributed by atoms with Crippen LogP contribution in [0.25, 0.3) is 0 Å². The van der Waals surface area contributed by atoms with Crippen LogP contribution in [0.15, 0.2) is 0 Å². The van der Waals surface area contributed by atoms with E-state index >= 15 is 0 Å². The lowest BCUT2D eigenvalue weighted by atomic mass is 9.72. The molecular formula is C13H20N4O2. The maximum atomic E-state index is 11.6. The van der Waals surface area contributed by atoms with Gasteiger partial charge in [0.1, 0.15) is 0 Å². The summed E-state index contributed by atoms with van der Waals surface area (Å²) in [5, 5.41) is 21.5. The average molecular weight is 264 g/mol. The third-order valence-electron chi connectivity index (χ3n) is 4.95. The van der Waals surface area contributed by atoms with Gasteiger partial charge < -0.3 is 5.11 Å². The molecule has 0 atom stereocenters. The van der Waals surface area contributed by atoms with Crippen molar-refractivity contribution < 1.29 is 9.90 Å². The molecule has 0 aromatic carbocycles. The Morgan fingerprint density at radius 3 is 2.37 bits per heavy atom. The quantitative estimate of drug-likeness (QED) is 0.901. The van der Waals surface area contributed by atoms with Crippen LogP contribution in [0.2, 0.25) is 0 Å². The normalized spacial score (nSPS) is 24.7. The Balaban J connectivity index is 2.00. The molecular weight excluding hydrogens is 244 g/mol. The second-order valence-electron chi connectivity index (χ2n) is 6.23. The molecule has 2 fully saturated rings. The van der Waals surface area contributed by atoms with E-state index in [0.717, 1.165) is 25.1 Å². The van der Waals surface area contributed by atoms with Crippen LogP contribution >= 0.6 is 0 Å². The van der Waals surface area contributed by atoms with E-state index in [1.807, 2.05) is 0 Å². The molecule has 0 spiro atoms. The topological polar surface area (TPSA) is 80.9 Å². The van der Waals surface area contributed by atoms with Gasteiger partial charge in [0.2, 0.25) is 0 Å². The smallest absolute Gasteiger partial charge is 0.331 e. The van der Waals surface area contributed by atoms with Crippen LogP contribution < -0.4 is 0 Å². The fraction of sp³-hybridized carbons (Fsp3) is 0.846. The minimum atomic E-state index is -0.890. The van der Waals surface area contributed by atoms with Crippen LogP contribution in [0.5, 0.6) is 0 Å². The predicted molar refractivity (Wildman–Crippen MR) is 67.7 cm³/mol. The zero-order valence-electron chi connectivity index (χ0n) is 11.3. The summed E-state index contributed by atoms with van der Waals surface area (Å²) in [5.74, 6) is -0.0268. The maximum Gasteiger partial charge on any atom is 0.331 e. The lowest BCUT2D eigenvalue weighted by Crippen LogP contribution is -2.51. The first-order chi connectivity index (χ1) is 9.08. The molecule has 0 amide bonds. The van der Waals surface area contributed by atoms with Crippen molar-refractivity contribution in [3.8, 4) is 0 Å². The van der Waals surface area contributed by atoms with E-state index in [4.69, 9.17) is 0 Å². The van der Waals surface area contributed by atoms with E-state index in [2.05, 4.69) is 22.4 Å². The molecule has 1 heterocycles. The van der Waals surface area contributed by atoms with Crippen molar-refractivity contribution in [2.45, 2.75) is 69.2 Å². The van der Waals surface area contributed by atoms with Gasteiger partial charge in [-0.1, -0.05) is 26.2 Å². The Morgan fingerprint density at radius 2 is 1.84 bits per heavy atom. The highest BCUT2D eigenvalue weighted by molar-refractivity contribution is 5.77. The van der Waals surface area contributed by atoms with E-state index in [-0.39, 0.29) is 5.41 Å². The number of tetrazole rings is 1.